The van der Waals surface area contributed by atoms with Crippen molar-refractivity contribution in [1.29, 1.82) is 0 Å². The number of hydrogen-bond donors (Lipinski definition) is 2. The highest BCUT2D eigenvalue weighted by Crippen LogP contribution is 2.28. The molecule has 0 amide bonds. The Bertz CT molecular complexity index is 225. The zero-order valence-electron chi connectivity index (χ0n) is 11.5. The molecule has 0 bridgehead atoms. The van der Waals surface area contributed by atoms with E-state index in [2.05, 4.69) is 44.8 Å². The van der Waals surface area contributed by atoms with E-state index < -0.39 is 0 Å². The molecular formula is C14H28N2. The molecule has 94 valence electrons. The first kappa shape index (κ1) is 15.3. The van der Waals surface area contributed by atoms with Crippen molar-refractivity contribution in [2.24, 2.45) is 23.5 Å². The van der Waals surface area contributed by atoms with Crippen molar-refractivity contribution in [2.45, 2.75) is 46.6 Å². The first-order valence-corrected chi connectivity index (χ1v) is 6.36. The van der Waals surface area contributed by atoms with Gasteiger partial charge in [-0.25, -0.2) is 0 Å². The molecular weight excluding hydrogens is 196 g/mol. The lowest BCUT2D eigenvalue weighted by Crippen LogP contribution is -2.26. The van der Waals surface area contributed by atoms with Crippen LogP contribution in [0.15, 0.2) is 18.0 Å². The lowest BCUT2D eigenvalue weighted by atomic mass is 9.78. The summed E-state index contributed by atoms with van der Waals surface area (Å²) in [5.74, 6) is 1.87. The van der Waals surface area contributed by atoms with Crippen LogP contribution in [0.3, 0.4) is 0 Å². The minimum absolute atomic E-state index is 0.285. The number of nitrogens with two attached hydrogens (primary N) is 1. The molecule has 0 spiro atoms. The SMILES string of the molecule is CC[C@@H](CC(C)N)[C@H](C=C=CNC)C(C)C. The van der Waals surface area contributed by atoms with Gasteiger partial charge in [0, 0.05) is 19.3 Å². The number of nitrogens with one attached hydrogen (secondary N) is 1. The molecule has 3 N–H and O–H groups in total. The summed E-state index contributed by atoms with van der Waals surface area (Å²) in [6, 6.07) is 0.285. The third-order valence-corrected chi connectivity index (χ3v) is 3.03. The summed E-state index contributed by atoms with van der Waals surface area (Å²) in [5.41, 5.74) is 9.11. The van der Waals surface area contributed by atoms with Crippen LogP contribution in [0.5, 0.6) is 0 Å². The highest BCUT2D eigenvalue weighted by atomic mass is 14.8. The van der Waals surface area contributed by atoms with Crippen LogP contribution in [0, 0.1) is 17.8 Å². The van der Waals surface area contributed by atoms with Gasteiger partial charge in [-0.15, -0.1) is 5.73 Å². The van der Waals surface area contributed by atoms with Gasteiger partial charge in [-0.1, -0.05) is 27.2 Å². The monoisotopic (exact) mass is 224 g/mol. The fourth-order valence-electron chi connectivity index (χ4n) is 2.19. The fourth-order valence-corrected chi connectivity index (χ4v) is 2.19. The van der Waals surface area contributed by atoms with Crippen molar-refractivity contribution in [2.75, 3.05) is 7.05 Å². The van der Waals surface area contributed by atoms with Gasteiger partial charge in [0.05, 0.1) is 0 Å². The van der Waals surface area contributed by atoms with Gasteiger partial charge in [-0.3, -0.25) is 0 Å². The molecule has 2 heteroatoms. The van der Waals surface area contributed by atoms with Gasteiger partial charge in [-0.2, -0.15) is 0 Å². The van der Waals surface area contributed by atoms with Gasteiger partial charge in [0.2, 0.25) is 0 Å². The Balaban J connectivity index is 4.65. The predicted octanol–water partition coefficient (Wildman–Crippen LogP) is 2.91. The lowest BCUT2D eigenvalue weighted by Gasteiger charge is -2.27. The van der Waals surface area contributed by atoms with E-state index in [9.17, 15) is 0 Å². The lowest BCUT2D eigenvalue weighted by molar-refractivity contribution is 0.275. The van der Waals surface area contributed by atoms with Crippen molar-refractivity contribution in [1.82, 2.24) is 5.32 Å². The van der Waals surface area contributed by atoms with Crippen LogP contribution in [0.4, 0.5) is 0 Å². The van der Waals surface area contributed by atoms with E-state index in [0.717, 1.165) is 6.42 Å². The van der Waals surface area contributed by atoms with Crippen molar-refractivity contribution < 1.29 is 0 Å². The number of allylic oxidation sites excluding steroid dienone is 1. The molecule has 0 radical (unpaired) electrons. The maximum Gasteiger partial charge on any atom is 0.0391 e. The van der Waals surface area contributed by atoms with Crippen LogP contribution in [0.25, 0.3) is 0 Å². The average Bonchev–Trinajstić information content (AvgIpc) is 2.21. The summed E-state index contributed by atoms with van der Waals surface area (Å²) in [7, 11) is 1.89. The molecule has 0 fully saturated rings. The Labute approximate surface area is 101 Å². The molecule has 3 atom stereocenters. The van der Waals surface area contributed by atoms with E-state index in [1.807, 2.05) is 13.2 Å². The summed E-state index contributed by atoms with van der Waals surface area (Å²) < 4.78 is 0. The average molecular weight is 224 g/mol. The first-order chi connectivity index (χ1) is 7.52. The summed E-state index contributed by atoms with van der Waals surface area (Å²) in [5, 5.41) is 2.97. The molecule has 0 saturated carbocycles. The maximum absolute atomic E-state index is 5.91. The van der Waals surface area contributed by atoms with Crippen molar-refractivity contribution >= 4 is 0 Å². The molecule has 0 heterocycles. The molecule has 1 unspecified atom stereocenters. The summed E-state index contributed by atoms with van der Waals surface area (Å²) in [6.45, 7) is 8.88. The maximum atomic E-state index is 5.91. The van der Waals surface area contributed by atoms with Gasteiger partial charge in [0.1, 0.15) is 0 Å². The van der Waals surface area contributed by atoms with Crippen LogP contribution < -0.4 is 11.1 Å². The summed E-state index contributed by atoms with van der Waals surface area (Å²) in [4.78, 5) is 0. The number of hydrogen-bond acceptors (Lipinski definition) is 2. The highest BCUT2D eigenvalue weighted by molar-refractivity contribution is 4.93. The fraction of sp³-hybridized carbons (Fsp3) is 0.786. The van der Waals surface area contributed by atoms with E-state index in [-0.39, 0.29) is 6.04 Å². The first-order valence-electron chi connectivity index (χ1n) is 6.36. The van der Waals surface area contributed by atoms with E-state index in [0.29, 0.717) is 17.8 Å². The van der Waals surface area contributed by atoms with Gasteiger partial charge >= 0.3 is 0 Å². The number of rotatable bonds is 7. The van der Waals surface area contributed by atoms with Crippen molar-refractivity contribution in [3.63, 3.8) is 0 Å². The van der Waals surface area contributed by atoms with Crippen LogP contribution in [-0.2, 0) is 0 Å². The molecule has 0 rings (SSSR count). The van der Waals surface area contributed by atoms with Gasteiger partial charge in [0.15, 0.2) is 0 Å². The highest BCUT2D eigenvalue weighted by Gasteiger charge is 2.21. The van der Waals surface area contributed by atoms with Crippen molar-refractivity contribution in [3.05, 3.63) is 18.0 Å². The molecule has 0 aliphatic rings. The zero-order chi connectivity index (χ0) is 12.6. The Kier molecular flexibility index (Phi) is 8.05. The van der Waals surface area contributed by atoms with Crippen LogP contribution in [-0.4, -0.2) is 13.1 Å². The summed E-state index contributed by atoms with van der Waals surface area (Å²) >= 11 is 0. The summed E-state index contributed by atoms with van der Waals surface area (Å²) in [6.07, 6.45) is 6.32. The molecule has 0 aliphatic carbocycles. The predicted molar refractivity (Wildman–Crippen MR) is 72.1 cm³/mol. The van der Waals surface area contributed by atoms with Crippen LogP contribution >= 0.6 is 0 Å². The topological polar surface area (TPSA) is 38.0 Å². The smallest absolute Gasteiger partial charge is 0.0391 e. The molecule has 0 aromatic heterocycles. The van der Waals surface area contributed by atoms with E-state index >= 15 is 0 Å². The molecule has 0 aromatic rings. The third kappa shape index (κ3) is 5.99. The normalized spacial score (nSPS) is 16.2. The Hall–Kier alpha value is -0.720. The minimum atomic E-state index is 0.285. The van der Waals surface area contributed by atoms with E-state index in [4.69, 9.17) is 5.73 Å². The Morgan fingerprint density at radius 2 is 1.94 bits per heavy atom. The second-order valence-corrected chi connectivity index (χ2v) is 4.97. The molecule has 0 aromatic carbocycles. The standard InChI is InChI=1S/C14H28N2/c1-6-13(10-12(4)15)14(11(2)3)8-7-9-16-5/h8-9,11-14,16H,6,10,15H2,1-5H3/t7?,12?,13-,14+/m0/s1. The molecule has 0 saturated heterocycles. The largest absolute Gasteiger partial charge is 0.388 e. The minimum Gasteiger partial charge on any atom is -0.388 e. The molecule has 2 nitrogen and oxygen atoms in total. The quantitative estimate of drug-likeness (QED) is 0.653. The van der Waals surface area contributed by atoms with E-state index in [1.54, 1.807) is 0 Å². The molecule has 16 heavy (non-hydrogen) atoms. The van der Waals surface area contributed by atoms with Crippen molar-refractivity contribution in [3.8, 4) is 0 Å². The van der Waals surface area contributed by atoms with Crippen LogP contribution in [0.1, 0.15) is 40.5 Å². The second kappa shape index (κ2) is 8.43. The van der Waals surface area contributed by atoms with Gasteiger partial charge in [0.25, 0.3) is 0 Å². The Morgan fingerprint density at radius 1 is 1.31 bits per heavy atom. The van der Waals surface area contributed by atoms with E-state index in [1.165, 1.54) is 6.42 Å². The van der Waals surface area contributed by atoms with Gasteiger partial charge < -0.3 is 11.1 Å². The third-order valence-electron chi connectivity index (χ3n) is 3.03. The zero-order valence-corrected chi connectivity index (χ0v) is 11.5. The Morgan fingerprint density at radius 3 is 2.31 bits per heavy atom. The molecule has 0 aliphatic heterocycles. The second-order valence-electron chi connectivity index (χ2n) is 4.97. The van der Waals surface area contributed by atoms with Gasteiger partial charge in [-0.05, 0) is 37.2 Å². The van der Waals surface area contributed by atoms with Crippen LogP contribution in [0.2, 0.25) is 0 Å².